The fraction of sp³-hybridized carbons (Fsp3) is 0.333. The molecule has 1 atom stereocenters. The van der Waals surface area contributed by atoms with Gasteiger partial charge in [-0.15, -0.1) is 0 Å². The lowest BCUT2D eigenvalue weighted by molar-refractivity contribution is 0.561. The molecule has 0 aromatic heterocycles. The summed E-state index contributed by atoms with van der Waals surface area (Å²) in [4.78, 5) is 2.46. The molecule has 110 valence electrons. The van der Waals surface area contributed by atoms with Crippen LogP contribution in [0.5, 0.6) is 0 Å². The van der Waals surface area contributed by atoms with Crippen molar-refractivity contribution in [1.82, 2.24) is 0 Å². The first-order valence-electron chi connectivity index (χ1n) is 7.53. The molecule has 2 aromatic carbocycles. The van der Waals surface area contributed by atoms with Crippen molar-refractivity contribution in [2.24, 2.45) is 11.7 Å². The highest BCUT2D eigenvalue weighted by Gasteiger charge is 2.24. The third kappa shape index (κ3) is 2.99. The van der Waals surface area contributed by atoms with Crippen LogP contribution in [0.25, 0.3) is 0 Å². The van der Waals surface area contributed by atoms with Crippen LogP contribution < -0.4 is 10.6 Å². The van der Waals surface area contributed by atoms with Crippen molar-refractivity contribution in [3.05, 3.63) is 58.1 Å². The molecule has 1 aliphatic rings. The van der Waals surface area contributed by atoms with Crippen molar-refractivity contribution in [3.63, 3.8) is 0 Å². The molecule has 21 heavy (non-hydrogen) atoms. The van der Waals surface area contributed by atoms with Crippen LogP contribution in [0, 0.1) is 5.92 Å². The normalized spacial score (nSPS) is 17.7. The quantitative estimate of drug-likeness (QED) is 0.900. The zero-order valence-corrected chi connectivity index (χ0v) is 13.9. The fourth-order valence-corrected chi connectivity index (χ4v) is 3.53. The Morgan fingerprint density at radius 2 is 2.00 bits per heavy atom. The summed E-state index contributed by atoms with van der Waals surface area (Å²) in [6.45, 7) is 4.06. The van der Waals surface area contributed by atoms with Gasteiger partial charge in [-0.1, -0.05) is 47.1 Å². The van der Waals surface area contributed by atoms with Crippen molar-refractivity contribution < 1.29 is 0 Å². The maximum atomic E-state index is 5.79. The van der Waals surface area contributed by atoms with E-state index in [1.807, 2.05) is 0 Å². The molecule has 0 fully saturated rings. The summed E-state index contributed by atoms with van der Waals surface area (Å²) in [5, 5.41) is 0. The highest BCUT2D eigenvalue weighted by molar-refractivity contribution is 9.10. The lowest BCUT2D eigenvalue weighted by Gasteiger charge is -2.36. The molecular formula is C18H21BrN2. The van der Waals surface area contributed by atoms with E-state index in [1.165, 1.54) is 22.5 Å². The van der Waals surface area contributed by atoms with Crippen LogP contribution in [0.4, 0.5) is 11.4 Å². The minimum atomic E-state index is 0.657. The van der Waals surface area contributed by atoms with Gasteiger partial charge in [0, 0.05) is 22.4 Å². The molecule has 1 heterocycles. The monoisotopic (exact) mass is 344 g/mol. The first-order valence-corrected chi connectivity index (χ1v) is 8.32. The van der Waals surface area contributed by atoms with Gasteiger partial charge in [0.2, 0.25) is 0 Å². The molecule has 0 aliphatic carbocycles. The zero-order valence-electron chi connectivity index (χ0n) is 12.3. The number of halogens is 1. The Morgan fingerprint density at radius 1 is 1.19 bits per heavy atom. The number of hydrogen-bond donors (Lipinski definition) is 1. The van der Waals surface area contributed by atoms with E-state index in [0.717, 1.165) is 23.9 Å². The zero-order chi connectivity index (χ0) is 14.8. The topological polar surface area (TPSA) is 29.3 Å². The van der Waals surface area contributed by atoms with Gasteiger partial charge in [-0.25, -0.2) is 0 Å². The van der Waals surface area contributed by atoms with E-state index < -0.39 is 0 Å². The summed E-state index contributed by atoms with van der Waals surface area (Å²) in [5.41, 5.74) is 11.2. The molecule has 0 amide bonds. The Labute approximate surface area is 135 Å². The number of nitrogens with zero attached hydrogens (tertiary/aromatic N) is 1. The summed E-state index contributed by atoms with van der Waals surface area (Å²) in [5.74, 6) is 0.657. The van der Waals surface area contributed by atoms with Crippen molar-refractivity contribution in [1.29, 1.82) is 0 Å². The van der Waals surface area contributed by atoms with Gasteiger partial charge in [-0.2, -0.15) is 0 Å². The second-order valence-electron chi connectivity index (χ2n) is 5.86. The number of benzene rings is 2. The second-order valence-corrected chi connectivity index (χ2v) is 6.78. The predicted molar refractivity (Wildman–Crippen MR) is 93.2 cm³/mol. The van der Waals surface area contributed by atoms with E-state index in [-0.39, 0.29) is 0 Å². The summed E-state index contributed by atoms with van der Waals surface area (Å²) in [6, 6.07) is 15.3. The average molecular weight is 345 g/mol. The van der Waals surface area contributed by atoms with Gasteiger partial charge in [0.05, 0.1) is 0 Å². The van der Waals surface area contributed by atoms with Gasteiger partial charge in [-0.05, 0) is 54.6 Å². The molecule has 3 heteroatoms. The molecular weight excluding hydrogens is 324 g/mol. The van der Waals surface area contributed by atoms with E-state index in [4.69, 9.17) is 5.73 Å². The van der Waals surface area contributed by atoms with Gasteiger partial charge in [-0.3, -0.25) is 0 Å². The van der Waals surface area contributed by atoms with Crippen LogP contribution in [0.15, 0.2) is 46.9 Å². The highest BCUT2D eigenvalue weighted by atomic mass is 79.9. The van der Waals surface area contributed by atoms with Crippen molar-refractivity contribution in [2.75, 3.05) is 18.0 Å². The van der Waals surface area contributed by atoms with Gasteiger partial charge < -0.3 is 10.6 Å². The van der Waals surface area contributed by atoms with Crippen molar-refractivity contribution in [3.8, 4) is 0 Å². The Bertz CT molecular complexity index is 639. The number of nitrogens with two attached hydrogens (primary N) is 1. The molecule has 0 saturated heterocycles. The first kappa shape index (κ1) is 14.6. The molecule has 0 radical (unpaired) electrons. The molecule has 0 saturated carbocycles. The van der Waals surface area contributed by atoms with Crippen LogP contribution in [0.3, 0.4) is 0 Å². The number of para-hydroxylation sites is 1. The highest BCUT2D eigenvalue weighted by Crippen LogP contribution is 2.38. The van der Waals surface area contributed by atoms with Gasteiger partial charge >= 0.3 is 0 Å². The maximum Gasteiger partial charge on any atom is 0.0455 e. The van der Waals surface area contributed by atoms with Crippen LogP contribution >= 0.6 is 15.9 Å². The van der Waals surface area contributed by atoms with Crippen LogP contribution in [-0.4, -0.2) is 13.1 Å². The maximum absolute atomic E-state index is 5.79. The predicted octanol–water partition coefficient (Wildman–Crippen LogP) is 4.28. The van der Waals surface area contributed by atoms with E-state index >= 15 is 0 Å². The van der Waals surface area contributed by atoms with E-state index in [0.29, 0.717) is 12.5 Å². The van der Waals surface area contributed by atoms with Crippen molar-refractivity contribution in [2.45, 2.75) is 19.8 Å². The fourth-order valence-electron chi connectivity index (χ4n) is 3.18. The molecule has 3 rings (SSSR count). The largest absolute Gasteiger partial charge is 0.341 e. The SMILES string of the molecule is CC1Cc2ccccc2N(c2cc(Br)ccc2CCN)C1. The molecule has 0 bridgehead atoms. The molecule has 1 unspecified atom stereocenters. The van der Waals surface area contributed by atoms with E-state index in [2.05, 4.69) is 70.2 Å². The van der Waals surface area contributed by atoms with Gasteiger partial charge in [0.15, 0.2) is 0 Å². The van der Waals surface area contributed by atoms with Crippen LogP contribution in [0.2, 0.25) is 0 Å². The number of rotatable bonds is 3. The number of fused-ring (bicyclic) bond motifs is 1. The standard InChI is InChI=1S/C18H21BrN2/c1-13-10-15-4-2-3-5-17(15)21(12-13)18-11-16(19)7-6-14(18)8-9-20/h2-7,11,13H,8-10,12,20H2,1H3. The summed E-state index contributed by atoms with van der Waals surface area (Å²) >= 11 is 3.61. The van der Waals surface area contributed by atoms with Crippen molar-refractivity contribution >= 4 is 27.3 Å². The third-order valence-electron chi connectivity index (χ3n) is 4.10. The summed E-state index contributed by atoms with van der Waals surface area (Å²) < 4.78 is 1.12. The summed E-state index contributed by atoms with van der Waals surface area (Å²) in [6.07, 6.45) is 2.07. The minimum Gasteiger partial charge on any atom is -0.341 e. The molecule has 2 nitrogen and oxygen atoms in total. The molecule has 0 spiro atoms. The lowest BCUT2D eigenvalue weighted by atomic mass is 9.92. The van der Waals surface area contributed by atoms with Gasteiger partial charge in [0.25, 0.3) is 0 Å². The minimum absolute atomic E-state index is 0.657. The average Bonchev–Trinajstić information content (AvgIpc) is 2.48. The first-order chi connectivity index (χ1) is 10.2. The smallest absolute Gasteiger partial charge is 0.0455 e. The molecule has 2 aromatic rings. The van der Waals surface area contributed by atoms with Crippen LogP contribution in [-0.2, 0) is 12.8 Å². The Balaban J connectivity index is 2.10. The number of anilines is 2. The Kier molecular flexibility index (Phi) is 4.32. The molecule has 2 N–H and O–H groups in total. The van der Waals surface area contributed by atoms with Crippen LogP contribution in [0.1, 0.15) is 18.1 Å². The van der Waals surface area contributed by atoms with Gasteiger partial charge in [0.1, 0.15) is 0 Å². The second kappa shape index (κ2) is 6.20. The third-order valence-corrected chi connectivity index (χ3v) is 4.59. The van der Waals surface area contributed by atoms with E-state index in [9.17, 15) is 0 Å². The lowest BCUT2D eigenvalue weighted by Crippen LogP contribution is -2.31. The van der Waals surface area contributed by atoms with E-state index in [1.54, 1.807) is 0 Å². The molecule has 1 aliphatic heterocycles. The Hall–Kier alpha value is -1.32. The number of hydrogen-bond acceptors (Lipinski definition) is 2. The summed E-state index contributed by atoms with van der Waals surface area (Å²) in [7, 11) is 0. The Morgan fingerprint density at radius 3 is 2.81 bits per heavy atom.